The standard InChI is InChI=1S/C29H24N4O2/c1-19-5-4-6-23(17-19)28-32-31-27(35-28)21-9-11-22(12-10-21)29(34)33-15-13-20(14-16-33)25-18-30-26-8-3-2-7-24(25)26/h2-13,17-18,30H,14-16H2,1H3. The van der Waals surface area contributed by atoms with Crippen molar-refractivity contribution >= 4 is 22.4 Å². The van der Waals surface area contributed by atoms with Gasteiger partial charge in [0.05, 0.1) is 0 Å². The van der Waals surface area contributed by atoms with E-state index in [0.29, 0.717) is 30.4 Å². The van der Waals surface area contributed by atoms with Crippen LogP contribution < -0.4 is 0 Å². The van der Waals surface area contributed by atoms with Crippen LogP contribution in [0.15, 0.2) is 89.5 Å². The highest BCUT2D eigenvalue weighted by atomic mass is 16.4. The SMILES string of the molecule is Cc1cccc(-c2nnc(-c3ccc(C(=O)N4CC=C(c5c[nH]c6ccccc56)CC4)cc3)o2)c1. The van der Waals surface area contributed by atoms with E-state index < -0.39 is 0 Å². The normalized spacial score (nSPS) is 13.7. The first-order valence-corrected chi connectivity index (χ1v) is 11.7. The first kappa shape index (κ1) is 21.1. The highest BCUT2D eigenvalue weighted by Crippen LogP contribution is 2.30. The van der Waals surface area contributed by atoms with Crippen LogP contribution in [0.4, 0.5) is 0 Å². The molecule has 0 aliphatic carbocycles. The Morgan fingerprint density at radius 1 is 0.943 bits per heavy atom. The van der Waals surface area contributed by atoms with Gasteiger partial charge in [-0.25, -0.2) is 0 Å². The number of nitrogens with one attached hydrogen (secondary N) is 1. The summed E-state index contributed by atoms with van der Waals surface area (Å²) in [6, 6.07) is 23.6. The molecule has 5 aromatic rings. The molecule has 1 amide bonds. The second-order valence-electron chi connectivity index (χ2n) is 8.84. The van der Waals surface area contributed by atoms with Gasteiger partial charge in [0, 0.05) is 52.4 Å². The summed E-state index contributed by atoms with van der Waals surface area (Å²) in [5, 5.41) is 9.59. The molecule has 6 nitrogen and oxygen atoms in total. The molecule has 0 saturated heterocycles. The number of H-pyrrole nitrogens is 1. The van der Waals surface area contributed by atoms with Crippen molar-refractivity contribution in [3.05, 3.63) is 102 Å². The van der Waals surface area contributed by atoms with Gasteiger partial charge in [0.1, 0.15) is 0 Å². The molecule has 1 N–H and O–H groups in total. The van der Waals surface area contributed by atoms with Crippen LogP contribution in [0.3, 0.4) is 0 Å². The number of nitrogens with zero attached hydrogens (tertiary/aromatic N) is 3. The molecule has 0 saturated carbocycles. The zero-order valence-corrected chi connectivity index (χ0v) is 19.4. The van der Waals surface area contributed by atoms with E-state index in [-0.39, 0.29) is 5.91 Å². The molecule has 1 aliphatic heterocycles. The third-order valence-electron chi connectivity index (χ3n) is 6.50. The lowest BCUT2D eigenvalue weighted by Gasteiger charge is -2.26. The first-order valence-electron chi connectivity index (χ1n) is 11.7. The summed E-state index contributed by atoms with van der Waals surface area (Å²) in [5.41, 5.74) is 7.09. The van der Waals surface area contributed by atoms with E-state index in [9.17, 15) is 4.79 Å². The van der Waals surface area contributed by atoms with Crippen molar-refractivity contribution in [2.24, 2.45) is 0 Å². The molecule has 2 aromatic heterocycles. The second-order valence-corrected chi connectivity index (χ2v) is 8.84. The van der Waals surface area contributed by atoms with Gasteiger partial charge >= 0.3 is 0 Å². The van der Waals surface area contributed by atoms with Gasteiger partial charge in [0.2, 0.25) is 11.8 Å². The van der Waals surface area contributed by atoms with E-state index in [0.717, 1.165) is 28.6 Å². The van der Waals surface area contributed by atoms with Crippen LogP contribution in [0.5, 0.6) is 0 Å². The summed E-state index contributed by atoms with van der Waals surface area (Å²) in [6.07, 6.45) is 5.06. The summed E-state index contributed by atoms with van der Waals surface area (Å²) in [7, 11) is 0. The number of hydrogen-bond donors (Lipinski definition) is 1. The number of aryl methyl sites for hydroxylation is 1. The average Bonchev–Trinajstić information content (AvgIpc) is 3.57. The molecule has 6 rings (SSSR count). The third-order valence-corrected chi connectivity index (χ3v) is 6.50. The Labute approximate surface area is 202 Å². The number of carbonyl (C=O) groups is 1. The fourth-order valence-electron chi connectivity index (χ4n) is 4.61. The Balaban J connectivity index is 1.16. The van der Waals surface area contributed by atoms with Crippen molar-refractivity contribution < 1.29 is 9.21 Å². The van der Waals surface area contributed by atoms with E-state index >= 15 is 0 Å². The zero-order chi connectivity index (χ0) is 23.8. The van der Waals surface area contributed by atoms with Crippen molar-refractivity contribution in [2.75, 3.05) is 13.1 Å². The number of benzene rings is 3. The van der Waals surface area contributed by atoms with Gasteiger partial charge in [-0.15, -0.1) is 10.2 Å². The van der Waals surface area contributed by atoms with Gasteiger partial charge in [0.15, 0.2) is 0 Å². The second kappa shape index (κ2) is 8.72. The molecule has 0 bridgehead atoms. The molecule has 0 unspecified atom stereocenters. The fraction of sp³-hybridized carbons (Fsp3) is 0.138. The highest BCUT2D eigenvalue weighted by Gasteiger charge is 2.21. The fourth-order valence-corrected chi connectivity index (χ4v) is 4.61. The van der Waals surface area contributed by atoms with Crippen LogP contribution in [-0.4, -0.2) is 39.1 Å². The van der Waals surface area contributed by atoms with Crippen LogP contribution in [0.25, 0.3) is 39.4 Å². The van der Waals surface area contributed by atoms with Crippen molar-refractivity contribution in [1.29, 1.82) is 0 Å². The maximum absolute atomic E-state index is 13.1. The number of para-hydroxylation sites is 1. The average molecular weight is 461 g/mol. The van der Waals surface area contributed by atoms with Crippen LogP contribution in [-0.2, 0) is 0 Å². The monoisotopic (exact) mass is 460 g/mol. The van der Waals surface area contributed by atoms with Gasteiger partial charge in [0.25, 0.3) is 5.91 Å². The van der Waals surface area contributed by atoms with E-state index in [1.165, 1.54) is 16.5 Å². The predicted octanol–water partition coefficient (Wildman–Crippen LogP) is 6.12. The Bertz CT molecular complexity index is 1560. The van der Waals surface area contributed by atoms with Crippen molar-refractivity contribution in [1.82, 2.24) is 20.1 Å². The zero-order valence-electron chi connectivity index (χ0n) is 19.4. The topological polar surface area (TPSA) is 75.0 Å². The van der Waals surface area contributed by atoms with Gasteiger partial charge in [-0.3, -0.25) is 4.79 Å². The summed E-state index contributed by atoms with van der Waals surface area (Å²) in [4.78, 5) is 18.3. The van der Waals surface area contributed by atoms with Gasteiger partial charge < -0.3 is 14.3 Å². The molecule has 0 fully saturated rings. The quantitative estimate of drug-likeness (QED) is 0.350. The number of carbonyl (C=O) groups excluding carboxylic acids is 1. The lowest BCUT2D eigenvalue weighted by Crippen LogP contribution is -2.34. The molecule has 1 aliphatic rings. The molecular formula is C29H24N4O2. The van der Waals surface area contributed by atoms with Gasteiger partial charge in [-0.05, 0) is 61.4 Å². The Hall–Kier alpha value is -4.45. The predicted molar refractivity (Wildman–Crippen MR) is 137 cm³/mol. The summed E-state index contributed by atoms with van der Waals surface area (Å²) in [6.45, 7) is 3.31. The molecule has 3 aromatic carbocycles. The Kier molecular flexibility index (Phi) is 5.26. The smallest absolute Gasteiger partial charge is 0.254 e. The molecule has 172 valence electrons. The summed E-state index contributed by atoms with van der Waals surface area (Å²) >= 11 is 0. The Morgan fingerprint density at radius 3 is 2.51 bits per heavy atom. The van der Waals surface area contributed by atoms with E-state index in [1.54, 1.807) is 0 Å². The molecular weight excluding hydrogens is 436 g/mol. The molecule has 0 spiro atoms. The molecule has 0 atom stereocenters. The highest BCUT2D eigenvalue weighted by molar-refractivity contribution is 5.96. The number of amides is 1. The maximum Gasteiger partial charge on any atom is 0.254 e. The summed E-state index contributed by atoms with van der Waals surface area (Å²) in [5.74, 6) is 0.941. The van der Waals surface area contributed by atoms with Crippen molar-refractivity contribution in [3.8, 4) is 22.9 Å². The van der Waals surface area contributed by atoms with Crippen LogP contribution in [0.1, 0.15) is 27.9 Å². The van der Waals surface area contributed by atoms with Crippen LogP contribution in [0, 0.1) is 6.92 Å². The van der Waals surface area contributed by atoms with Gasteiger partial charge in [-0.1, -0.05) is 42.0 Å². The number of hydrogen-bond acceptors (Lipinski definition) is 4. The first-order chi connectivity index (χ1) is 17.2. The molecule has 3 heterocycles. The largest absolute Gasteiger partial charge is 0.416 e. The number of fused-ring (bicyclic) bond motifs is 1. The van der Waals surface area contributed by atoms with Crippen molar-refractivity contribution in [3.63, 3.8) is 0 Å². The van der Waals surface area contributed by atoms with Crippen molar-refractivity contribution in [2.45, 2.75) is 13.3 Å². The minimum absolute atomic E-state index is 0.0248. The lowest BCUT2D eigenvalue weighted by molar-refractivity contribution is 0.0773. The van der Waals surface area contributed by atoms with Crippen LogP contribution in [0.2, 0.25) is 0 Å². The Morgan fingerprint density at radius 2 is 1.74 bits per heavy atom. The summed E-state index contributed by atoms with van der Waals surface area (Å²) < 4.78 is 5.88. The molecule has 0 radical (unpaired) electrons. The number of aromatic amines is 1. The molecule has 35 heavy (non-hydrogen) atoms. The number of aromatic nitrogens is 3. The lowest BCUT2D eigenvalue weighted by atomic mass is 9.98. The molecule has 6 heteroatoms. The minimum Gasteiger partial charge on any atom is -0.416 e. The van der Waals surface area contributed by atoms with E-state index in [4.69, 9.17) is 4.42 Å². The van der Waals surface area contributed by atoms with E-state index in [1.807, 2.05) is 66.4 Å². The maximum atomic E-state index is 13.1. The van der Waals surface area contributed by atoms with E-state index in [2.05, 4.69) is 45.7 Å². The van der Waals surface area contributed by atoms with Gasteiger partial charge in [-0.2, -0.15) is 0 Å². The third kappa shape index (κ3) is 4.04. The minimum atomic E-state index is 0.0248. The van der Waals surface area contributed by atoms with Crippen LogP contribution >= 0.6 is 0 Å². The number of rotatable bonds is 4.